The Kier molecular flexibility index (Phi) is 4.01. The van der Waals surface area contributed by atoms with Crippen LogP contribution in [0.3, 0.4) is 0 Å². The van der Waals surface area contributed by atoms with Crippen molar-refractivity contribution in [2.75, 3.05) is 0 Å². The largest absolute Gasteiger partial charge is 0.252 e. The van der Waals surface area contributed by atoms with Crippen molar-refractivity contribution in [2.45, 2.75) is 27.3 Å². The third-order valence-corrected chi connectivity index (χ3v) is 3.97. The first-order valence-electron chi connectivity index (χ1n) is 7.61. The van der Waals surface area contributed by atoms with Gasteiger partial charge in [0.2, 0.25) is 5.69 Å². The molecule has 0 radical (unpaired) electrons. The summed E-state index contributed by atoms with van der Waals surface area (Å²) in [5, 5.41) is 0. The van der Waals surface area contributed by atoms with Crippen LogP contribution in [0, 0.1) is 20.8 Å². The number of aryl methyl sites for hydroxylation is 3. The number of nitrogens with zero attached hydrogens (tertiary/aromatic N) is 2. The number of hydrogen-bond acceptors (Lipinski definition) is 1. The van der Waals surface area contributed by atoms with Gasteiger partial charge in [-0.3, -0.25) is 4.98 Å². The Bertz CT molecular complexity index is 769. The summed E-state index contributed by atoms with van der Waals surface area (Å²) in [5.74, 6) is 0. The molecule has 0 spiro atoms. The highest BCUT2D eigenvalue weighted by molar-refractivity contribution is 5.65. The van der Waals surface area contributed by atoms with Crippen LogP contribution >= 0.6 is 0 Å². The zero-order valence-electron chi connectivity index (χ0n) is 13.4. The predicted octanol–water partition coefficient (Wildman–Crippen LogP) is 4.01. The van der Waals surface area contributed by atoms with Gasteiger partial charge in [-0.1, -0.05) is 48.0 Å². The molecule has 22 heavy (non-hydrogen) atoms. The van der Waals surface area contributed by atoms with E-state index in [0.29, 0.717) is 0 Å². The molecule has 2 aromatic carbocycles. The summed E-state index contributed by atoms with van der Waals surface area (Å²) in [6.07, 6.45) is 5.87. The molecule has 3 rings (SSSR count). The van der Waals surface area contributed by atoms with Gasteiger partial charge in [0.1, 0.15) is 0 Å². The zero-order valence-corrected chi connectivity index (χ0v) is 13.4. The fraction of sp³-hybridized carbons (Fsp3) is 0.200. The molecule has 0 N–H and O–H groups in total. The van der Waals surface area contributed by atoms with E-state index in [1.54, 1.807) is 0 Å². The van der Waals surface area contributed by atoms with Crippen molar-refractivity contribution in [2.24, 2.45) is 0 Å². The van der Waals surface area contributed by atoms with Crippen LogP contribution in [0.5, 0.6) is 0 Å². The second kappa shape index (κ2) is 6.10. The summed E-state index contributed by atoms with van der Waals surface area (Å²) in [7, 11) is 0. The molecule has 0 bridgehead atoms. The van der Waals surface area contributed by atoms with E-state index in [1.165, 1.54) is 33.5 Å². The first-order valence-corrected chi connectivity index (χ1v) is 7.61. The average molecular weight is 289 g/mol. The summed E-state index contributed by atoms with van der Waals surface area (Å²) in [6, 6.07) is 15.0. The fourth-order valence-electron chi connectivity index (χ4n) is 3.10. The molecule has 3 aromatic rings. The van der Waals surface area contributed by atoms with Gasteiger partial charge >= 0.3 is 0 Å². The highest BCUT2D eigenvalue weighted by Crippen LogP contribution is 2.25. The van der Waals surface area contributed by atoms with Crippen LogP contribution in [0.2, 0.25) is 0 Å². The first kappa shape index (κ1) is 14.5. The normalized spacial score (nSPS) is 10.7. The van der Waals surface area contributed by atoms with Crippen molar-refractivity contribution in [1.29, 1.82) is 0 Å². The molecule has 0 aliphatic rings. The minimum absolute atomic E-state index is 0.853. The molecule has 0 amide bonds. The molecule has 1 aromatic heterocycles. The average Bonchev–Trinajstić information content (AvgIpc) is 2.49. The smallest absolute Gasteiger partial charge is 0.231 e. The summed E-state index contributed by atoms with van der Waals surface area (Å²) >= 11 is 0. The summed E-state index contributed by atoms with van der Waals surface area (Å²) < 4.78 is 2.27. The van der Waals surface area contributed by atoms with E-state index in [0.717, 1.165) is 6.54 Å². The second-order valence-corrected chi connectivity index (χ2v) is 5.85. The van der Waals surface area contributed by atoms with E-state index in [2.05, 4.69) is 79.0 Å². The van der Waals surface area contributed by atoms with Crippen LogP contribution in [0.4, 0.5) is 0 Å². The third-order valence-electron chi connectivity index (χ3n) is 3.97. The number of hydrogen-bond donors (Lipinski definition) is 0. The molecule has 0 aliphatic carbocycles. The van der Waals surface area contributed by atoms with E-state index in [9.17, 15) is 0 Å². The Morgan fingerprint density at radius 1 is 0.955 bits per heavy atom. The third kappa shape index (κ3) is 2.91. The van der Waals surface area contributed by atoms with E-state index >= 15 is 0 Å². The fourth-order valence-corrected chi connectivity index (χ4v) is 3.10. The second-order valence-electron chi connectivity index (χ2n) is 5.85. The Balaban J connectivity index is 2.09. The molecule has 2 heteroatoms. The Morgan fingerprint density at radius 2 is 1.64 bits per heavy atom. The topological polar surface area (TPSA) is 16.8 Å². The molecule has 2 nitrogen and oxygen atoms in total. The molecular formula is C20H21N2+. The quantitative estimate of drug-likeness (QED) is 0.666. The van der Waals surface area contributed by atoms with Crippen LogP contribution in [0.1, 0.15) is 22.3 Å². The molecule has 0 fully saturated rings. The van der Waals surface area contributed by atoms with Crippen LogP contribution < -0.4 is 4.57 Å². The molecule has 110 valence electrons. The van der Waals surface area contributed by atoms with Gasteiger partial charge in [0.25, 0.3) is 0 Å². The van der Waals surface area contributed by atoms with Gasteiger partial charge < -0.3 is 0 Å². The van der Waals surface area contributed by atoms with Gasteiger partial charge in [0.15, 0.2) is 12.7 Å². The van der Waals surface area contributed by atoms with E-state index in [4.69, 9.17) is 0 Å². The lowest BCUT2D eigenvalue weighted by atomic mass is 9.97. The van der Waals surface area contributed by atoms with Gasteiger partial charge in [0, 0.05) is 5.56 Å². The SMILES string of the molecule is Cc1cc(C)c(-c2cncc[n+]2Cc2ccccc2)c(C)c1. The minimum atomic E-state index is 0.853. The van der Waals surface area contributed by atoms with Crippen molar-refractivity contribution in [3.05, 3.63) is 83.3 Å². The predicted molar refractivity (Wildman–Crippen MR) is 89.6 cm³/mol. The molecule has 0 aliphatic heterocycles. The Labute approximate surface area is 132 Å². The van der Waals surface area contributed by atoms with E-state index < -0.39 is 0 Å². The molecular weight excluding hydrogens is 268 g/mol. The number of rotatable bonds is 3. The van der Waals surface area contributed by atoms with Gasteiger partial charge in [-0.2, -0.15) is 4.57 Å². The molecule has 0 saturated carbocycles. The lowest BCUT2D eigenvalue weighted by molar-refractivity contribution is -0.678. The standard InChI is InChI=1S/C20H21N2/c1-15-11-16(2)20(17(3)12-15)19-13-21-9-10-22(19)14-18-7-5-4-6-8-18/h4-13H,14H2,1-3H3/q+1. The van der Waals surface area contributed by atoms with E-state index in [1.807, 2.05) is 12.4 Å². The summed E-state index contributed by atoms with van der Waals surface area (Å²) in [6.45, 7) is 7.35. The van der Waals surface area contributed by atoms with Crippen LogP contribution in [-0.4, -0.2) is 4.98 Å². The molecule has 0 unspecified atom stereocenters. The van der Waals surface area contributed by atoms with Crippen molar-refractivity contribution in [1.82, 2.24) is 4.98 Å². The summed E-state index contributed by atoms with van der Waals surface area (Å²) in [5.41, 5.74) is 7.65. The Morgan fingerprint density at radius 3 is 2.32 bits per heavy atom. The van der Waals surface area contributed by atoms with Gasteiger partial charge in [-0.25, -0.2) is 0 Å². The minimum Gasteiger partial charge on any atom is -0.252 e. The van der Waals surface area contributed by atoms with Gasteiger partial charge in [-0.05, 0) is 31.9 Å². The van der Waals surface area contributed by atoms with Crippen molar-refractivity contribution >= 4 is 0 Å². The van der Waals surface area contributed by atoms with Crippen LogP contribution in [-0.2, 0) is 6.54 Å². The maximum Gasteiger partial charge on any atom is 0.231 e. The molecule has 0 atom stereocenters. The summed E-state index contributed by atoms with van der Waals surface area (Å²) in [4.78, 5) is 4.35. The molecule has 1 heterocycles. The maximum absolute atomic E-state index is 4.35. The van der Waals surface area contributed by atoms with Gasteiger partial charge in [-0.15, -0.1) is 0 Å². The maximum atomic E-state index is 4.35. The Hall–Kier alpha value is -2.48. The van der Waals surface area contributed by atoms with Crippen molar-refractivity contribution < 1.29 is 4.57 Å². The van der Waals surface area contributed by atoms with Crippen LogP contribution in [0.25, 0.3) is 11.3 Å². The molecule has 0 saturated heterocycles. The zero-order chi connectivity index (χ0) is 15.5. The monoisotopic (exact) mass is 289 g/mol. The van der Waals surface area contributed by atoms with Crippen molar-refractivity contribution in [3.8, 4) is 11.3 Å². The van der Waals surface area contributed by atoms with Crippen molar-refractivity contribution in [3.63, 3.8) is 0 Å². The number of aromatic nitrogens is 2. The van der Waals surface area contributed by atoms with Gasteiger partial charge in [0.05, 0.1) is 18.0 Å². The van der Waals surface area contributed by atoms with E-state index in [-0.39, 0.29) is 0 Å². The lowest BCUT2D eigenvalue weighted by Gasteiger charge is -2.10. The first-order chi connectivity index (χ1) is 10.6. The van der Waals surface area contributed by atoms with Crippen LogP contribution in [0.15, 0.2) is 61.1 Å². The number of benzene rings is 2. The highest BCUT2D eigenvalue weighted by atomic mass is 15.0. The highest BCUT2D eigenvalue weighted by Gasteiger charge is 2.18. The lowest BCUT2D eigenvalue weighted by Crippen LogP contribution is -2.37.